The smallest absolute Gasteiger partial charge is 0.0218 e. The lowest BCUT2D eigenvalue weighted by Gasteiger charge is -2.36. The minimum atomic E-state index is 0.668. The first-order valence-corrected chi connectivity index (χ1v) is 5.18. The summed E-state index contributed by atoms with van der Waals surface area (Å²) in [6, 6.07) is 0.668. The van der Waals surface area contributed by atoms with Crippen molar-refractivity contribution in [3.8, 4) is 0 Å². The third-order valence-electron chi connectivity index (χ3n) is 2.62. The van der Waals surface area contributed by atoms with Gasteiger partial charge in [-0.15, -0.1) is 0 Å². The first-order chi connectivity index (χ1) is 5.74. The summed E-state index contributed by atoms with van der Waals surface area (Å²) < 4.78 is 0. The molecular formula is C10H22N2. The molecule has 2 heteroatoms. The molecule has 1 atom stereocenters. The Morgan fingerprint density at radius 1 is 1.42 bits per heavy atom. The van der Waals surface area contributed by atoms with Gasteiger partial charge in [0.1, 0.15) is 0 Å². The van der Waals surface area contributed by atoms with Crippen molar-refractivity contribution in [2.24, 2.45) is 11.7 Å². The molecule has 72 valence electrons. The van der Waals surface area contributed by atoms with Gasteiger partial charge >= 0.3 is 0 Å². The SMILES string of the molecule is CC(C)CN1CCCC[C@@H]1CN. The molecule has 0 aromatic heterocycles. The van der Waals surface area contributed by atoms with Crippen LogP contribution in [0.3, 0.4) is 0 Å². The highest BCUT2D eigenvalue weighted by Crippen LogP contribution is 2.17. The first-order valence-electron chi connectivity index (χ1n) is 5.18. The molecule has 0 radical (unpaired) electrons. The molecule has 0 saturated carbocycles. The van der Waals surface area contributed by atoms with Crippen molar-refractivity contribution in [1.29, 1.82) is 0 Å². The number of piperidine rings is 1. The van der Waals surface area contributed by atoms with Crippen molar-refractivity contribution in [3.05, 3.63) is 0 Å². The van der Waals surface area contributed by atoms with Gasteiger partial charge in [0.15, 0.2) is 0 Å². The maximum absolute atomic E-state index is 5.73. The Morgan fingerprint density at radius 2 is 2.17 bits per heavy atom. The minimum Gasteiger partial charge on any atom is -0.329 e. The van der Waals surface area contributed by atoms with Gasteiger partial charge in [0, 0.05) is 19.1 Å². The van der Waals surface area contributed by atoms with E-state index >= 15 is 0 Å². The van der Waals surface area contributed by atoms with Gasteiger partial charge in [-0.25, -0.2) is 0 Å². The number of nitrogens with zero attached hydrogens (tertiary/aromatic N) is 1. The molecule has 1 heterocycles. The number of hydrogen-bond acceptors (Lipinski definition) is 2. The van der Waals surface area contributed by atoms with Gasteiger partial charge in [-0.1, -0.05) is 20.3 Å². The highest BCUT2D eigenvalue weighted by Gasteiger charge is 2.20. The Hall–Kier alpha value is -0.0800. The molecule has 0 aromatic rings. The van der Waals surface area contributed by atoms with Gasteiger partial charge in [-0.05, 0) is 25.3 Å². The quantitative estimate of drug-likeness (QED) is 0.694. The predicted molar refractivity (Wildman–Crippen MR) is 53.1 cm³/mol. The Labute approximate surface area is 76.1 Å². The van der Waals surface area contributed by atoms with Crippen molar-refractivity contribution in [2.75, 3.05) is 19.6 Å². The molecule has 0 aliphatic carbocycles. The van der Waals surface area contributed by atoms with Gasteiger partial charge in [0.2, 0.25) is 0 Å². The third-order valence-corrected chi connectivity index (χ3v) is 2.62. The maximum atomic E-state index is 5.73. The first kappa shape index (κ1) is 10.0. The highest BCUT2D eigenvalue weighted by molar-refractivity contribution is 4.77. The average Bonchev–Trinajstić information content (AvgIpc) is 2.04. The fourth-order valence-corrected chi connectivity index (χ4v) is 2.04. The van der Waals surface area contributed by atoms with Gasteiger partial charge < -0.3 is 5.73 Å². The van der Waals surface area contributed by atoms with E-state index < -0.39 is 0 Å². The van der Waals surface area contributed by atoms with Crippen molar-refractivity contribution in [3.63, 3.8) is 0 Å². The fourth-order valence-electron chi connectivity index (χ4n) is 2.04. The van der Waals surface area contributed by atoms with Gasteiger partial charge in [0.05, 0.1) is 0 Å². The zero-order valence-electron chi connectivity index (χ0n) is 8.42. The largest absolute Gasteiger partial charge is 0.329 e. The molecule has 1 saturated heterocycles. The summed E-state index contributed by atoms with van der Waals surface area (Å²) in [5.41, 5.74) is 5.73. The van der Waals surface area contributed by atoms with E-state index in [1.807, 2.05) is 0 Å². The molecular weight excluding hydrogens is 148 g/mol. The monoisotopic (exact) mass is 170 g/mol. The summed E-state index contributed by atoms with van der Waals surface area (Å²) in [4.78, 5) is 2.56. The molecule has 0 unspecified atom stereocenters. The standard InChI is InChI=1S/C10H22N2/c1-9(2)8-12-6-4-3-5-10(12)7-11/h9-10H,3-8,11H2,1-2H3/t10-/m1/s1. The lowest BCUT2D eigenvalue weighted by atomic mass is 10.0. The second kappa shape index (κ2) is 4.83. The van der Waals surface area contributed by atoms with Crippen LogP contribution in [0.5, 0.6) is 0 Å². The van der Waals surface area contributed by atoms with Crippen LogP contribution in [0.15, 0.2) is 0 Å². The van der Waals surface area contributed by atoms with Crippen molar-refractivity contribution < 1.29 is 0 Å². The van der Waals surface area contributed by atoms with Crippen LogP contribution < -0.4 is 5.73 Å². The molecule has 1 rings (SSSR count). The Bertz CT molecular complexity index is 123. The van der Waals surface area contributed by atoms with Crippen molar-refractivity contribution in [1.82, 2.24) is 4.90 Å². The Kier molecular flexibility index (Phi) is 4.02. The van der Waals surface area contributed by atoms with Crippen molar-refractivity contribution >= 4 is 0 Å². The van der Waals surface area contributed by atoms with Crippen LogP contribution in [0.4, 0.5) is 0 Å². The van der Waals surface area contributed by atoms with E-state index in [-0.39, 0.29) is 0 Å². The molecule has 1 aliphatic heterocycles. The predicted octanol–water partition coefficient (Wildman–Crippen LogP) is 1.46. The molecule has 1 aliphatic rings. The molecule has 1 fully saturated rings. The average molecular weight is 170 g/mol. The summed E-state index contributed by atoms with van der Waals surface area (Å²) in [5, 5.41) is 0. The summed E-state index contributed by atoms with van der Waals surface area (Å²) in [6.45, 7) is 7.89. The molecule has 2 nitrogen and oxygen atoms in total. The third kappa shape index (κ3) is 2.76. The van der Waals surface area contributed by atoms with Gasteiger partial charge in [-0.3, -0.25) is 4.90 Å². The number of hydrogen-bond donors (Lipinski definition) is 1. The van der Waals surface area contributed by atoms with E-state index in [9.17, 15) is 0 Å². The van der Waals surface area contributed by atoms with Crippen LogP contribution in [0.2, 0.25) is 0 Å². The van der Waals surface area contributed by atoms with Crippen molar-refractivity contribution in [2.45, 2.75) is 39.2 Å². The maximum Gasteiger partial charge on any atom is 0.0218 e. The van der Waals surface area contributed by atoms with E-state index in [1.165, 1.54) is 32.4 Å². The van der Waals surface area contributed by atoms with Crippen LogP contribution in [-0.4, -0.2) is 30.6 Å². The van der Waals surface area contributed by atoms with Crippen LogP contribution in [0.1, 0.15) is 33.1 Å². The minimum absolute atomic E-state index is 0.668. The summed E-state index contributed by atoms with van der Waals surface area (Å²) in [7, 11) is 0. The highest BCUT2D eigenvalue weighted by atomic mass is 15.2. The van der Waals surface area contributed by atoms with Gasteiger partial charge in [-0.2, -0.15) is 0 Å². The van der Waals surface area contributed by atoms with E-state index in [0.717, 1.165) is 12.5 Å². The lowest BCUT2D eigenvalue weighted by molar-refractivity contribution is 0.136. The van der Waals surface area contributed by atoms with E-state index in [0.29, 0.717) is 6.04 Å². The molecule has 0 bridgehead atoms. The molecule has 0 amide bonds. The van der Waals surface area contributed by atoms with Crippen LogP contribution in [0.25, 0.3) is 0 Å². The number of likely N-dealkylation sites (tertiary alicyclic amines) is 1. The Morgan fingerprint density at radius 3 is 2.75 bits per heavy atom. The molecule has 0 aromatic carbocycles. The van der Waals surface area contributed by atoms with Crippen LogP contribution in [-0.2, 0) is 0 Å². The number of rotatable bonds is 3. The van der Waals surface area contributed by atoms with E-state index in [2.05, 4.69) is 18.7 Å². The molecule has 2 N–H and O–H groups in total. The summed E-state index contributed by atoms with van der Waals surface area (Å²) in [5.74, 6) is 0.775. The fraction of sp³-hybridized carbons (Fsp3) is 1.00. The number of nitrogens with two attached hydrogens (primary N) is 1. The second-order valence-corrected chi connectivity index (χ2v) is 4.27. The zero-order valence-corrected chi connectivity index (χ0v) is 8.42. The van der Waals surface area contributed by atoms with E-state index in [1.54, 1.807) is 0 Å². The Balaban J connectivity index is 2.36. The lowest BCUT2D eigenvalue weighted by Crippen LogP contribution is -2.45. The normalized spacial score (nSPS) is 26.5. The zero-order chi connectivity index (χ0) is 8.97. The second-order valence-electron chi connectivity index (χ2n) is 4.27. The summed E-state index contributed by atoms with van der Waals surface area (Å²) in [6.07, 6.45) is 4.04. The van der Waals surface area contributed by atoms with Crippen LogP contribution >= 0.6 is 0 Å². The molecule has 0 spiro atoms. The molecule has 12 heavy (non-hydrogen) atoms. The van der Waals surface area contributed by atoms with Crippen LogP contribution in [0, 0.1) is 5.92 Å². The summed E-state index contributed by atoms with van der Waals surface area (Å²) >= 11 is 0. The van der Waals surface area contributed by atoms with E-state index in [4.69, 9.17) is 5.73 Å². The topological polar surface area (TPSA) is 29.3 Å². The van der Waals surface area contributed by atoms with Gasteiger partial charge in [0.25, 0.3) is 0 Å².